The highest BCUT2D eigenvalue weighted by Gasteiger charge is 2.04. The number of hydrogen-bond acceptors (Lipinski definition) is 2. The molecule has 0 saturated heterocycles. The van der Waals surface area contributed by atoms with Crippen molar-refractivity contribution in [1.29, 1.82) is 0 Å². The maximum absolute atomic E-state index is 10.7. The maximum Gasteiger partial charge on any atom is 0.335 e. The van der Waals surface area contributed by atoms with E-state index in [2.05, 4.69) is 19.2 Å². The molecule has 0 atom stereocenters. The van der Waals surface area contributed by atoms with Gasteiger partial charge in [0.25, 0.3) is 0 Å². The van der Waals surface area contributed by atoms with Crippen molar-refractivity contribution < 1.29 is 9.90 Å². The molecular weight excluding hydrogens is 202 g/mol. The minimum absolute atomic E-state index is 0.327. The summed E-state index contributed by atoms with van der Waals surface area (Å²) < 4.78 is 0. The fourth-order valence-electron chi connectivity index (χ4n) is 1.57. The van der Waals surface area contributed by atoms with E-state index in [-0.39, 0.29) is 0 Å². The Kier molecular flexibility index (Phi) is 4.83. The highest BCUT2D eigenvalue weighted by atomic mass is 16.4. The highest BCUT2D eigenvalue weighted by molar-refractivity contribution is 5.87. The molecule has 0 spiro atoms. The van der Waals surface area contributed by atoms with Crippen LogP contribution in [-0.2, 0) is 0 Å². The zero-order valence-electron chi connectivity index (χ0n) is 9.86. The molecule has 0 aliphatic heterocycles. The van der Waals surface area contributed by atoms with Crippen molar-refractivity contribution in [3.63, 3.8) is 0 Å². The predicted octanol–water partition coefficient (Wildman–Crippen LogP) is 3.23. The lowest BCUT2D eigenvalue weighted by Gasteiger charge is -2.14. The predicted molar refractivity (Wildman–Crippen MR) is 66.0 cm³/mol. The van der Waals surface area contributed by atoms with Gasteiger partial charge in [-0.15, -0.1) is 0 Å². The van der Waals surface area contributed by atoms with E-state index in [1.54, 1.807) is 12.1 Å². The average Bonchev–Trinajstić information content (AvgIpc) is 2.31. The number of carboxylic acid groups (broad SMARTS) is 1. The Hall–Kier alpha value is -1.51. The second-order valence-corrected chi connectivity index (χ2v) is 3.95. The first-order valence-corrected chi connectivity index (χ1v) is 5.74. The Morgan fingerprint density at radius 1 is 1.25 bits per heavy atom. The van der Waals surface area contributed by atoms with Crippen molar-refractivity contribution in [3.05, 3.63) is 29.8 Å². The number of rotatable bonds is 6. The van der Waals surface area contributed by atoms with Crippen molar-refractivity contribution in [3.8, 4) is 0 Å². The van der Waals surface area contributed by atoms with Gasteiger partial charge in [0.05, 0.1) is 5.56 Å². The molecule has 0 unspecified atom stereocenters. The van der Waals surface area contributed by atoms with E-state index in [1.165, 1.54) is 0 Å². The Balaban J connectivity index is 2.52. The number of carbonyl (C=O) groups is 1. The van der Waals surface area contributed by atoms with E-state index in [0.717, 1.165) is 25.1 Å². The SMILES string of the molecule is CCC(CC)CNc1ccc(C(=O)O)cc1. The monoisotopic (exact) mass is 221 g/mol. The molecule has 3 heteroatoms. The normalized spacial score (nSPS) is 10.4. The van der Waals surface area contributed by atoms with Gasteiger partial charge in [-0.3, -0.25) is 0 Å². The van der Waals surface area contributed by atoms with Crippen LogP contribution in [0.5, 0.6) is 0 Å². The number of hydrogen-bond donors (Lipinski definition) is 2. The number of benzene rings is 1. The van der Waals surface area contributed by atoms with Gasteiger partial charge in [0.2, 0.25) is 0 Å². The van der Waals surface area contributed by atoms with Crippen LogP contribution in [0.3, 0.4) is 0 Å². The molecule has 0 saturated carbocycles. The van der Waals surface area contributed by atoms with Crippen molar-refractivity contribution in [1.82, 2.24) is 0 Å². The summed E-state index contributed by atoms with van der Waals surface area (Å²) in [6, 6.07) is 6.87. The van der Waals surface area contributed by atoms with E-state index < -0.39 is 5.97 Å². The number of nitrogens with one attached hydrogen (secondary N) is 1. The first kappa shape index (κ1) is 12.6. The molecular formula is C13H19NO2. The van der Waals surface area contributed by atoms with E-state index in [1.807, 2.05) is 12.1 Å². The fraction of sp³-hybridized carbons (Fsp3) is 0.462. The second kappa shape index (κ2) is 6.16. The topological polar surface area (TPSA) is 49.3 Å². The summed E-state index contributed by atoms with van der Waals surface area (Å²) in [5, 5.41) is 12.1. The van der Waals surface area contributed by atoms with Crippen LogP contribution in [0.25, 0.3) is 0 Å². The number of carboxylic acids is 1. The van der Waals surface area contributed by atoms with Gasteiger partial charge in [-0.05, 0) is 30.2 Å². The summed E-state index contributed by atoms with van der Waals surface area (Å²) in [6.45, 7) is 5.31. The fourth-order valence-corrected chi connectivity index (χ4v) is 1.57. The number of aromatic carboxylic acids is 1. The summed E-state index contributed by atoms with van der Waals surface area (Å²) in [5.74, 6) is -0.203. The molecule has 0 bridgehead atoms. The summed E-state index contributed by atoms with van der Waals surface area (Å²) in [7, 11) is 0. The van der Waals surface area contributed by atoms with E-state index in [4.69, 9.17) is 5.11 Å². The van der Waals surface area contributed by atoms with Crippen molar-refractivity contribution in [2.45, 2.75) is 26.7 Å². The first-order valence-electron chi connectivity index (χ1n) is 5.74. The molecule has 1 aromatic rings. The third-order valence-electron chi connectivity index (χ3n) is 2.88. The van der Waals surface area contributed by atoms with Crippen molar-refractivity contribution >= 4 is 11.7 Å². The molecule has 0 aromatic heterocycles. The Bertz CT molecular complexity index is 328. The van der Waals surface area contributed by atoms with Crippen LogP contribution in [-0.4, -0.2) is 17.6 Å². The summed E-state index contributed by atoms with van der Waals surface area (Å²) >= 11 is 0. The van der Waals surface area contributed by atoms with Gasteiger partial charge in [-0.2, -0.15) is 0 Å². The lowest BCUT2D eigenvalue weighted by atomic mass is 10.0. The second-order valence-electron chi connectivity index (χ2n) is 3.95. The molecule has 16 heavy (non-hydrogen) atoms. The largest absolute Gasteiger partial charge is 0.478 e. The van der Waals surface area contributed by atoms with Gasteiger partial charge >= 0.3 is 5.97 Å². The molecule has 0 aliphatic rings. The quantitative estimate of drug-likeness (QED) is 0.775. The lowest BCUT2D eigenvalue weighted by Crippen LogP contribution is -2.12. The molecule has 1 aromatic carbocycles. The zero-order chi connectivity index (χ0) is 12.0. The van der Waals surface area contributed by atoms with Crippen LogP contribution >= 0.6 is 0 Å². The maximum atomic E-state index is 10.7. The standard InChI is InChI=1S/C13H19NO2/c1-3-10(4-2)9-14-12-7-5-11(6-8-12)13(15)16/h5-8,10,14H,3-4,9H2,1-2H3,(H,15,16). The molecule has 88 valence electrons. The molecule has 0 fully saturated rings. The van der Waals surface area contributed by atoms with E-state index in [0.29, 0.717) is 11.5 Å². The summed E-state index contributed by atoms with van der Waals surface area (Å²) in [4.78, 5) is 10.7. The molecule has 1 rings (SSSR count). The van der Waals surface area contributed by atoms with Gasteiger partial charge in [0.1, 0.15) is 0 Å². The number of anilines is 1. The van der Waals surface area contributed by atoms with Crippen LogP contribution in [0, 0.1) is 5.92 Å². The van der Waals surface area contributed by atoms with Gasteiger partial charge < -0.3 is 10.4 Å². The Morgan fingerprint density at radius 2 is 1.81 bits per heavy atom. The smallest absolute Gasteiger partial charge is 0.335 e. The molecule has 0 aliphatic carbocycles. The molecule has 0 amide bonds. The Morgan fingerprint density at radius 3 is 2.25 bits per heavy atom. The van der Waals surface area contributed by atoms with Gasteiger partial charge in [-0.25, -0.2) is 4.79 Å². The van der Waals surface area contributed by atoms with Crippen LogP contribution in [0.1, 0.15) is 37.0 Å². The molecule has 0 radical (unpaired) electrons. The van der Waals surface area contributed by atoms with Crippen molar-refractivity contribution in [2.75, 3.05) is 11.9 Å². The third-order valence-corrected chi connectivity index (χ3v) is 2.88. The van der Waals surface area contributed by atoms with Crippen LogP contribution < -0.4 is 5.32 Å². The van der Waals surface area contributed by atoms with E-state index >= 15 is 0 Å². The lowest BCUT2D eigenvalue weighted by molar-refractivity contribution is 0.0697. The minimum Gasteiger partial charge on any atom is -0.478 e. The van der Waals surface area contributed by atoms with Gasteiger partial charge in [0, 0.05) is 12.2 Å². The van der Waals surface area contributed by atoms with Crippen LogP contribution in [0.2, 0.25) is 0 Å². The molecule has 0 heterocycles. The zero-order valence-corrected chi connectivity index (χ0v) is 9.86. The van der Waals surface area contributed by atoms with Gasteiger partial charge in [0.15, 0.2) is 0 Å². The molecule has 2 N–H and O–H groups in total. The van der Waals surface area contributed by atoms with Crippen LogP contribution in [0.4, 0.5) is 5.69 Å². The third kappa shape index (κ3) is 3.57. The first-order chi connectivity index (χ1) is 7.67. The Labute approximate surface area is 96.5 Å². The van der Waals surface area contributed by atoms with Crippen LogP contribution in [0.15, 0.2) is 24.3 Å². The highest BCUT2D eigenvalue weighted by Crippen LogP contribution is 2.12. The summed E-state index contributed by atoms with van der Waals surface area (Å²) in [6.07, 6.45) is 2.33. The molecule has 3 nitrogen and oxygen atoms in total. The van der Waals surface area contributed by atoms with Crippen molar-refractivity contribution in [2.24, 2.45) is 5.92 Å². The minimum atomic E-state index is -0.883. The van der Waals surface area contributed by atoms with Gasteiger partial charge in [-0.1, -0.05) is 26.7 Å². The van der Waals surface area contributed by atoms with E-state index in [9.17, 15) is 4.79 Å². The average molecular weight is 221 g/mol. The summed E-state index contributed by atoms with van der Waals surface area (Å²) in [5.41, 5.74) is 1.31.